The number of carbonyl (C=O) groups excluding carboxylic acids is 3. The molecule has 1 atom stereocenters. The maximum Gasteiger partial charge on any atom is 0.338 e. The first-order chi connectivity index (χ1) is 19.5. The Hall–Kier alpha value is -4.11. The van der Waals surface area contributed by atoms with Gasteiger partial charge in [-0.3, -0.25) is 14.5 Å². The van der Waals surface area contributed by atoms with Crippen LogP contribution in [0.15, 0.2) is 71.3 Å². The summed E-state index contributed by atoms with van der Waals surface area (Å²) in [4.78, 5) is 43.9. The van der Waals surface area contributed by atoms with Crippen molar-refractivity contribution < 1.29 is 28.3 Å². The molecule has 210 valence electrons. The van der Waals surface area contributed by atoms with Crippen LogP contribution in [0.4, 0.5) is 11.4 Å². The minimum Gasteiger partial charge on any atom is -0.462 e. The highest BCUT2D eigenvalue weighted by Crippen LogP contribution is 2.32. The number of carbonyl (C=O) groups is 3. The molecule has 2 heterocycles. The monoisotopic (exact) mass is 545 g/mol. The third-order valence-electron chi connectivity index (χ3n) is 7.40. The van der Waals surface area contributed by atoms with Crippen LogP contribution < -0.4 is 15.1 Å². The lowest BCUT2D eigenvalue weighted by Crippen LogP contribution is -2.46. The summed E-state index contributed by atoms with van der Waals surface area (Å²) >= 11 is 0. The molecular formula is C31H35N3O6. The Balaban J connectivity index is 1.54. The molecule has 1 aromatic heterocycles. The van der Waals surface area contributed by atoms with Crippen LogP contribution in [0.3, 0.4) is 0 Å². The van der Waals surface area contributed by atoms with E-state index in [0.717, 1.165) is 44.5 Å². The van der Waals surface area contributed by atoms with Crippen LogP contribution in [0.2, 0.25) is 0 Å². The zero-order valence-electron chi connectivity index (χ0n) is 22.7. The van der Waals surface area contributed by atoms with Crippen LogP contribution >= 0.6 is 0 Å². The molecule has 1 aliphatic carbocycles. The summed E-state index contributed by atoms with van der Waals surface area (Å²) in [6.07, 6.45) is 5.38. The second-order valence-corrected chi connectivity index (χ2v) is 10.0. The molecule has 0 spiro atoms. The van der Waals surface area contributed by atoms with E-state index in [1.807, 2.05) is 24.3 Å². The number of hydrogen-bond donors (Lipinski definition) is 1. The van der Waals surface area contributed by atoms with Crippen LogP contribution in [0.1, 0.15) is 65.1 Å². The van der Waals surface area contributed by atoms with Crippen LogP contribution in [0, 0.1) is 0 Å². The van der Waals surface area contributed by atoms with E-state index >= 15 is 0 Å². The molecule has 9 nitrogen and oxygen atoms in total. The molecule has 0 radical (unpaired) electrons. The summed E-state index contributed by atoms with van der Waals surface area (Å²) in [5, 5.41) is 3.19. The Morgan fingerprint density at radius 3 is 2.33 bits per heavy atom. The molecule has 2 aliphatic rings. The summed E-state index contributed by atoms with van der Waals surface area (Å²) in [6.45, 7) is 4.92. The van der Waals surface area contributed by atoms with E-state index in [4.69, 9.17) is 13.9 Å². The van der Waals surface area contributed by atoms with Crippen LogP contribution in [-0.2, 0) is 14.3 Å². The number of morpholine rings is 1. The van der Waals surface area contributed by atoms with E-state index in [1.165, 1.54) is 11.2 Å². The highest BCUT2D eigenvalue weighted by Gasteiger charge is 2.36. The summed E-state index contributed by atoms with van der Waals surface area (Å²) in [5.41, 5.74) is 2.52. The van der Waals surface area contributed by atoms with Crippen molar-refractivity contribution in [2.45, 2.75) is 44.7 Å². The van der Waals surface area contributed by atoms with Gasteiger partial charge in [-0.15, -0.1) is 0 Å². The van der Waals surface area contributed by atoms with Crippen LogP contribution in [0.5, 0.6) is 0 Å². The van der Waals surface area contributed by atoms with Gasteiger partial charge in [-0.2, -0.15) is 0 Å². The SMILES string of the molecule is CCOC(=O)c1ccc(N(C(=O)c2ccco2)[C@@H](C(=O)NC2CCCC2)c2ccc(N3CCOCC3)cc2)cc1. The van der Waals surface area contributed by atoms with Gasteiger partial charge in [0.25, 0.3) is 5.91 Å². The standard InChI is InChI=1S/C31H35N3O6/c1-2-39-31(37)23-11-15-26(16-12-23)34(30(36)27-8-5-19-40-27)28(29(35)32-24-6-3-4-7-24)22-9-13-25(14-10-22)33-17-20-38-21-18-33/h5,8-16,19,24,28H,2-4,6-7,17-18,20-21H2,1H3,(H,32,35)/t28-/m1/s1. The van der Waals surface area contributed by atoms with Gasteiger partial charge in [-0.1, -0.05) is 25.0 Å². The normalized spacial score (nSPS) is 16.4. The minimum absolute atomic E-state index is 0.0642. The molecule has 5 rings (SSSR count). The average Bonchev–Trinajstić information content (AvgIpc) is 3.72. The van der Waals surface area contributed by atoms with E-state index in [-0.39, 0.29) is 24.3 Å². The molecule has 9 heteroatoms. The first-order valence-electron chi connectivity index (χ1n) is 13.9. The Labute approximate surface area is 234 Å². The number of furan rings is 1. The lowest BCUT2D eigenvalue weighted by atomic mass is 10.0. The van der Waals surface area contributed by atoms with Crippen molar-refractivity contribution in [3.05, 3.63) is 83.8 Å². The van der Waals surface area contributed by atoms with Crippen molar-refractivity contribution >= 4 is 29.2 Å². The fraction of sp³-hybridized carbons (Fsp3) is 0.387. The average molecular weight is 546 g/mol. The molecule has 0 bridgehead atoms. The van der Waals surface area contributed by atoms with E-state index < -0.39 is 17.9 Å². The van der Waals surface area contributed by atoms with E-state index in [9.17, 15) is 14.4 Å². The summed E-state index contributed by atoms with van der Waals surface area (Å²) < 4.78 is 16.1. The largest absolute Gasteiger partial charge is 0.462 e. The predicted octanol–water partition coefficient (Wildman–Crippen LogP) is 4.74. The number of ether oxygens (including phenoxy) is 2. The predicted molar refractivity (Wildman–Crippen MR) is 151 cm³/mol. The van der Waals surface area contributed by atoms with Gasteiger partial charge in [0.2, 0.25) is 5.91 Å². The number of anilines is 2. The zero-order chi connectivity index (χ0) is 27.9. The maximum atomic E-state index is 14.0. The highest BCUT2D eigenvalue weighted by molar-refractivity contribution is 6.09. The van der Waals surface area contributed by atoms with Crippen molar-refractivity contribution in [2.75, 3.05) is 42.7 Å². The Kier molecular flexibility index (Phi) is 8.81. The van der Waals surface area contributed by atoms with Crippen molar-refractivity contribution in [3.8, 4) is 0 Å². The number of rotatable bonds is 9. The van der Waals surface area contributed by atoms with Gasteiger partial charge in [-0.25, -0.2) is 4.79 Å². The third-order valence-corrected chi connectivity index (χ3v) is 7.40. The third kappa shape index (κ3) is 6.20. The molecule has 3 aromatic rings. The van der Waals surface area contributed by atoms with Crippen molar-refractivity contribution in [1.82, 2.24) is 5.32 Å². The number of benzene rings is 2. The molecule has 2 amide bonds. The number of amides is 2. The lowest BCUT2D eigenvalue weighted by molar-refractivity contribution is -0.123. The second-order valence-electron chi connectivity index (χ2n) is 10.0. The molecule has 2 aromatic carbocycles. The topological polar surface area (TPSA) is 101 Å². The maximum absolute atomic E-state index is 14.0. The van der Waals surface area contributed by atoms with Crippen molar-refractivity contribution in [3.63, 3.8) is 0 Å². The summed E-state index contributed by atoms with van der Waals surface area (Å²) in [7, 11) is 0. The fourth-order valence-electron chi connectivity index (χ4n) is 5.33. The lowest BCUT2D eigenvalue weighted by Gasteiger charge is -2.33. The molecule has 1 N–H and O–H groups in total. The van der Waals surface area contributed by atoms with Gasteiger partial charge in [0.1, 0.15) is 6.04 Å². The van der Waals surface area contributed by atoms with Gasteiger partial charge >= 0.3 is 5.97 Å². The van der Waals surface area contributed by atoms with E-state index in [0.29, 0.717) is 30.0 Å². The summed E-state index contributed by atoms with van der Waals surface area (Å²) in [6, 6.07) is 16.6. The highest BCUT2D eigenvalue weighted by atomic mass is 16.5. The Morgan fingerprint density at radius 1 is 1.00 bits per heavy atom. The zero-order valence-corrected chi connectivity index (χ0v) is 22.7. The van der Waals surface area contributed by atoms with Crippen LogP contribution in [-0.4, -0.2) is 56.7 Å². The molecule has 40 heavy (non-hydrogen) atoms. The van der Waals surface area contributed by atoms with Crippen molar-refractivity contribution in [2.24, 2.45) is 0 Å². The Morgan fingerprint density at radius 2 is 1.70 bits per heavy atom. The number of nitrogens with zero attached hydrogens (tertiary/aromatic N) is 2. The second kappa shape index (κ2) is 12.8. The van der Waals surface area contributed by atoms with Crippen molar-refractivity contribution in [1.29, 1.82) is 0 Å². The van der Waals surface area contributed by atoms with Gasteiger partial charge in [0.15, 0.2) is 5.76 Å². The van der Waals surface area contributed by atoms with Gasteiger partial charge in [0.05, 0.1) is 31.6 Å². The van der Waals surface area contributed by atoms with E-state index in [2.05, 4.69) is 10.2 Å². The van der Waals surface area contributed by atoms with Crippen LogP contribution in [0.25, 0.3) is 0 Å². The number of esters is 1. The molecule has 1 aliphatic heterocycles. The minimum atomic E-state index is -0.967. The Bertz CT molecular complexity index is 1280. The van der Waals surface area contributed by atoms with Gasteiger partial charge < -0.3 is 24.1 Å². The quantitative estimate of drug-likeness (QED) is 0.388. The van der Waals surface area contributed by atoms with E-state index in [1.54, 1.807) is 43.3 Å². The van der Waals surface area contributed by atoms with Gasteiger partial charge in [0, 0.05) is 30.5 Å². The molecule has 2 fully saturated rings. The molecule has 1 saturated carbocycles. The first-order valence-corrected chi connectivity index (χ1v) is 13.9. The number of hydrogen-bond acceptors (Lipinski definition) is 7. The smallest absolute Gasteiger partial charge is 0.338 e. The molecule has 0 unspecified atom stereocenters. The van der Waals surface area contributed by atoms with Gasteiger partial charge in [-0.05, 0) is 73.9 Å². The first kappa shape index (κ1) is 27.5. The summed E-state index contributed by atoms with van der Waals surface area (Å²) in [5.74, 6) is -1.07. The molecular weight excluding hydrogens is 510 g/mol. The molecule has 1 saturated heterocycles. The number of nitrogens with one attached hydrogen (secondary N) is 1. The fourth-order valence-corrected chi connectivity index (χ4v) is 5.33.